The van der Waals surface area contributed by atoms with Gasteiger partial charge in [-0.1, -0.05) is 12.8 Å². The number of nitrogens with zero attached hydrogens (tertiary/aromatic N) is 1. The molecular weight excluding hydrogens is 384 g/mol. The number of esters is 1. The molecule has 0 unspecified atom stereocenters. The average molecular weight is 413 g/mol. The minimum absolute atomic E-state index is 0.0325. The summed E-state index contributed by atoms with van der Waals surface area (Å²) in [6.07, 6.45) is 3.37. The minimum Gasteiger partial charge on any atom is -0.496 e. The molecule has 1 N–H and O–H groups in total. The van der Waals surface area contributed by atoms with Crippen molar-refractivity contribution in [2.45, 2.75) is 50.5 Å². The molecule has 0 bridgehead atoms. The van der Waals surface area contributed by atoms with Gasteiger partial charge < -0.3 is 14.8 Å². The predicted molar refractivity (Wildman–Crippen MR) is 104 cm³/mol. The number of ether oxygens (including phenoxy) is 2. The molecule has 0 saturated carbocycles. The van der Waals surface area contributed by atoms with Gasteiger partial charge in [-0.2, -0.15) is 4.31 Å². The van der Waals surface area contributed by atoms with Crippen molar-refractivity contribution in [1.29, 1.82) is 0 Å². The van der Waals surface area contributed by atoms with Crippen molar-refractivity contribution in [2.75, 3.05) is 26.7 Å². The topological polar surface area (TPSA) is 102 Å². The molecule has 0 radical (unpaired) electrons. The summed E-state index contributed by atoms with van der Waals surface area (Å²) in [6, 6.07) is 4.18. The average Bonchev–Trinajstić information content (AvgIpc) is 2.95. The number of carbonyl (C=O) groups is 2. The summed E-state index contributed by atoms with van der Waals surface area (Å²) < 4.78 is 37.6. The Bertz CT molecular complexity index is 799. The third kappa shape index (κ3) is 5.68. The molecule has 0 spiro atoms. The Morgan fingerprint density at radius 2 is 1.79 bits per heavy atom. The number of rotatable bonds is 7. The molecule has 1 aliphatic rings. The van der Waals surface area contributed by atoms with Gasteiger partial charge >= 0.3 is 5.97 Å². The van der Waals surface area contributed by atoms with Crippen molar-refractivity contribution >= 4 is 21.9 Å². The Balaban J connectivity index is 2.22. The fraction of sp³-hybridized carbons (Fsp3) is 0.579. The zero-order chi connectivity index (χ0) is 20.7. The summed E-state index contributed by atoms with van der Waals surface area (Å²) in [5, 5.41) is 2.45. The Morgan fingerprint density at radius 1 is 1.14 bits per heavy atom. The first-order chi connectivity index (χ1) is 13.3. The number of hydrogen-bond acceptors (Lipinski definition) is 6. The van der Waals surface area contributed by atoms with E-state index in [1.807, 2.05) is 0 Å². The number of methoxy groups -OCH3 is 1. The largest absolute Gasteiger partial charge is 0.496 e. The van der Waals surface area contributed by atoms with E-state index in [1.54, 1.807) is 13.8 Å². The molecular formula is C19H28N2O6S. The summed E-state index contributed by atoms with van der Waals surface area (Å²) in [6.45, 7) is 4.04. The monoisotopic (exact) mass is 412 g/mol. The van der Waals surface area contributed by atoms with Crippen LogP contribution in [0, 0.1) is 0 Å². The van der Waals surface area contributed by atoms with Crippen LogP contribution >= 0.6 is 0 Å². The van der Waals surface area contributed by atoms with Crippen LogP contribution < -0.4 is 10.1 Å². The van der Waals surface area contributed by atoms with Gasteiger partial charge in [0.15, 0.2) is 0 Å². The lowest BCUT2D eigenvalue weighted by molar-refractivity contribution is -0.146. The zero-order valence-corrected chi connectivity index (χ0v) is 17.4. The standard InChI is InChI=1S/C19H28N2O6S/c1-14(2)27-18(22)13-20-19(23)16-12-15(8-9-17(16)26-3)28(24,25)21-10-6-4-5-7-11-21/h8-9,12,14H,4-7,10-11,13H2,1-3H3,(H,20,23). The molecule has 0 aromatic heterocycles. The van der Waals surface area contributed by atoms with Crippen molar-refractivity contribution in [1.82, 2.24) is 9.62 Å². The first-order valence-electron chi connectivity index (χ1n) is 9.41. The summed E-state index contributed by atoms with van der Waals surface area (Å²) in [5.41, 5.74) is 0.0516. The lowest BCUT2D eigenvalue weighted by Crippen LogP contribution is -2.33. The SMILES string of the molecule is COc1ccc(S(=O)(=O)N2CCCCCC2)cc1C(=O)NCC(=O)OC(C)C. The van der Waals surface area contributed by atoms with Gasteiger partial charge in [-0.05, 0) is 44.9 Å². The molecule has 0 atom stereocenters. The van der Waals surface area contributed by atoms with Crippen LogP contribution in [0.4, 0.5) is 0 Å². The highest BCUT2D eigenvalue weighted by Crippen LogP contribution is 2.26. The van der Waals surface area contributed by atoms with E-state index in [0.29, 0.717) is 13.1 Å². The number of sulfonamides is 1. The third-order valence-corrected chi connectivity index (χ3v) is 6.27. The fourth-order valence-electron chi connectivity index (χ4n) is 3.01. The summed E-state index contributed by atoms with van der Waals surface area (Å²) in [7, 11) is -2.32. The maximum atomic E-state index is 13.0. The second kappa shape index (κ2) is 9.88. The van der Waals surface area contributed by atoms with Crippen LogP contribution in [-0.2, 0) is 19.6 Å². The number of amides is 1. The van der Waals surface area contributed by atoms with Gasteiger partial charge in [-0.25, -0.2) is 8.42 Å². The number of benzene rings is 1. The number of nitrogens with one attached hydrogen (secondary N) is 1. The summed E-state index contributed by atoms with van der Waals surface area (Å²) in [5.74, 6) is -0.953. The maximum absolute atomic E-state index is 13.0. The van der Waals surface area contributed by atoms with Crippen molar-refractivity contribution in [3.8, 4) is 5.75 Å². The van der Waals surface area contributed by atoms with Gasteiger partial charge in [0, 0.05) is 13.1 Å². The molecule has 2 rings (SSSR count). The van der Waals surface area contributed by atoms with Gasteiger partial charge in [0.25, 0.3) is 5.91 Å². The van der Waals surface area contributed by atoms with Crippen LogP contribution in [-0.4, -0.2) is 57.4 Å². The minimum atomic E-state index is -3.71. The van der Waals surface area contributed by atoms with Crippen LogP contribution in [0.1, 0.15) is 49.9 Å². The normalized spacial score (nSPS) is 15.7. The quantitative estimate of drug-likeness (QED) is 0.687. The lowest BCUT2D eigenvalue weighted by atomic mass is 10.2. The molecule has 9 heteroatoms. The first-order valence-corrected chi connectivity index (χ1v) is 10.9. The Morgan fingerprint density at radius 3 is 2.36 bits per heavy atom. The second-order valence-corrected chi connectivity index (χ2v) is 8.84. The highest BCUT2D eigenvalue weighted by Gasteiger charge is 2.27. The molecule has 1 amide bonds. The van der Waals surface area contributed by atoms with Gasteiger partial charge in [0.05, 0.1) is 23.7 Å². The molecule has 156 valence electrons. The van der Waals surface area contributed by atoms with E-state index in [1.165, 1.54) is 29.6 Å². The zero-order valence-electron chi connectivity index (χ0n) is 16.6. The van der Waals surface area contributed by atoms with E-state index in [4.69, 9.17) is 9.47 Å². The van der Waals surface area contributed by atoms with Crippen molar-refractivity contribution in [3.63, 3.8) is 0 Å². The molecule has 1 aliphatic heterocycles. The van der Waals surface area contributed by atoms with Crippen LogP contribution in [0.5, 0.6) is 5.75 Å². The fourth-order valence-corrected chi connectivity index (χ4v) is 4.55. The maximum Gasteiger partial charge on any atom is 0.325 e. The van der Waals surface area contributed by atoms with E-state index < -0.39 is 21.9 Å². The molecule has 1 aromatic carbocycles. The smallest absolute Gasteiger partial charge is 0.325 e. The molecule has 0 aliphatic carbocycles. The Kier molecular flexibility index (Phi) is 7.82. The van der Waals surface area contributed by atoms with Crippen LogP contribution in [0.2, 0.25) is 0 Å². The molecule has 1 fully saturated rings. The number of carbonyl (C=O) groups excluding carboxylic acids is 2. The van der Waals surface area contributed by atoms with Crippen molar-refractivity contribution < 1.29 is 27.5 Å². The van der Waals surface area contributed by atoms with E-state index >= 15 is 0 Å². The Labute approximate surface area is 166 Å². The first kappa shape index (κ1) is 22.2. The van der Waals surface area contributed by atoms with Crippen molar-refractivity contribution in [3.05, 3.63) is 23.8 Å². The third-order valence-electron chi connectivity index (χ3n) is 4.38. The van der Waals surface area contributed by atoms with Crippen LogP contribution in [0.3, 0.4) is 0 Å². The summed E-state index contributed by atoms with van der Waals surface area (Å²) >= 11 is 0. The Hall–Kier alpha value is -2.13. The molecule has 28 heavy (non-hydrogen) atoms. The van der Waals surface area contributed by atoms with Crippen molar-refractivity contribution in [2.24, 2.45) is 0 Å². The highest BCUT2D eigenvalue weighted by molar-refractivity contribution is 7.89. The van der Waals surface area contributed by atoms with Crippen LogP contribution in [0.25, 0.3) is 0 Å². The van der Waals surface area contributed by atoms with Gasteiger partial charge in [0.2, 0.25) is 10.0 Å². The van der Waals surface area contributed by atoms with E-state index in [9.17, 15) is 18.0 Å². The molecule has 1 saturated heterocycles. The van der Waals surface area contributed by atoms with E-state index in [-0.39, 0.29) is 28.9 Å². The summed E-state index contributed by atoms with van der Waals surface area (Å²) in [4.78, 5) is 24.2. The molecule has 1 aromatic rings. The van der Waals surface area contributed by atoms with Crippen LogP contribution in [0.15, 0.2) is 23.1 Å². The van der Waals surface area contributed by atoms with E-state index in [2.05, 4.69) is 5.32 Å². The van der Waals surface area contributed by atoms with E-state index in [0.717, 1.165) is 25.7 Å². The van der Waals surface area contributed by atoms with Gasteiger partial charge in [-0.3, -0.25) is 9.59 Å². The molecule has 1 heterocycles. The second-order valence-electron chi connectivity index (χ2n) is 6.90. The van der Waals surface area contributed by atoms with Gasteiger partial charge in [0.1, 0.15) is 12.3 Å². The predicted octanol–water partition coefficient (Wildman–Crippen LogP) is 1.94. The lowest BCUT2D eigenvalue weighted by Gasteiger charge is -2.20. The number of hydrogen-bond donors (Lipinski definition) is 1. The molecule has 8 nitrogen and oxygen atoms in total. The highest BCUT2D eigenvalue weighted by atomic mass is 32.2. The van der Waals surface area contributed by atoms with Gasteiger partial charge in [-0.15, -0.1) is 0 Å².